The maximum absolute atomic E-state index is 9.02. The van der Waals surface area contributed by atoms with Gasteiger partial charge in [-0.15, -0.1) is 0 Å². The Morgan fingerprint density at radius 3 is 2.78 bits per heavy atom. The molecule has 1 heterocycles. The lowest BCUT2D eigenvalue weighted by molar-refractivity contribution is 0.0240. The van der Waals surface area contributed by atoms with Crippen LogP contribution in [0.3, 0.4) is 0 Å². The van der Waals surface area contributed by atoms with Gasteiger partial charge in [0.15, 0.2) is 0 Å². The number of nitriles is 1. The molecule has 1 aromatic rings. The lowest BCUT2D eigenvalue weighted by Crippen LogP contribution is -2.36. The van der Waals surface area contributed by atoms with Crippen LogP contribution in [-0.4, -0.2) is 19.8 Å². The average molecular weight is 244 g/mol. The van der Waals surface area contributed by atoms with E-state index < -0.39 is 0 Å². The van der Waals surface area contributed by atoms with Crippen molar-refractivity contribution in [3.05, 3.63) is 35.4 Å². The number of ether oxygens (including phenoxy) is 1. The van der Waals surface area contributed by atoms with E-state index in [2.05, 4.69) is 18.3 Å². The highest BCUT2D eigenvalue weighted by Crippen LogP contribution is 2.28. The molecule has 96 valence electrons. The fourth-order valence-corrected chi connectivity index (χ4v) is 2.32. The summed E-state index contributed by atoms with van der Waals surface area (Å²) in [4.78, 5) is 0. The van der Waals surface area contributed by atoms with Gasteiger partial charge in [0.25, 0.3) is 0 Å². The van der Waals surface area contributed by atoms with Gasteiger partial charge >= 0.3 is 0 Å². The highest BCUT2D eigenvalue weighted by atomic mass is 16.5. The predicted molar refractivity (Wildman–Crippen MR) is 71.0 cm³/mol. The van der Waals surface area contributed by atoms with Crippen LogP contribution in [0.2, 0.25) is 0 Å². The first-order chi connectivity index (χ1) is 8.73. The fourth-order valence-electron chi connectivity index (χ4n) is 2.32. The standard InChI is InChI=1S/C15H20N2O/c1-15(6-8-18-9-7-15)12-17-11-14-5-3-2-4-13(14)10-16/h2-5,17H,6-9,11-12H2,1H3. The second-order valence-electron chi connectivity index (χ2n) is 5.30. The molecule has 0 unspecified atom stereocenters. The van der Waals surface area contributed by atoms with Crippen molar-refractivity contribution >= 4 is 0 Å². The molecule has 1 N–H and O–H groups in total. The third-order valence-corrected chi connectivity index (χ3v) is 3.70. The molecule has 0 bridgehead atoms. The molecule has 0 atom stereocenters. The van der Waals surface area contributed by atoms with Gasteiger partial charge in [-0.1, -0.05) is 25.1 Å². The molecule has 0 spiro atoms. The maximum Gasteiger partial charge on any atom is 0.0995 e. The molecule has 0 aliphatic carbocycles. The minimum Gasteiger partial charge on any atom is -0.381 e. The number of nitrogens with zero attached hydrogens (tertiary/aromatic N) is 1. The Bertz CT molecular complexity index is 430. The quantitative estimate of drug-likeness (QED) is 0.885. The first-order valence-corrected chi connectivity index (χ1v) is 6.50. The maximum atomic E-state index is 9.02. The van der Waals surface area contributed by atoms with Crippen molar-refractivity contribution in [2.75, 3.05) is 19.8 Å². The van der Waals surface area contributed by atoms with E-state index in [1.165, 1.54) is 0 Å². The van der Waals surface area contributed by atoms with Gasteiger partial charge in [-0.3, -0.25) is 0 Å². The van der Waals surface area contributed by atoms with E-state index in [0.717, 1.165) is 50.3 Å². The normalized spacial score (nSPS) is 18.2. The van der Waals surface area contributed by atoms with E-state index in [-0.39, 0.29) is 0 Å². The summed E-state index contributed by atoms with van der Waals surface area (Å²) in [6.07, 6.45) is 2.22. The largest absolute Gasteiger partial charge is 0.381 e. The molecule has 1 fully saturated rings. The molecular formula is C15H20N2O. The molecule has 1 aliphatic rings. The summed E-state index contributed by atoms with van der Waals surface area (Å²) in [5.41, 5.74) is 2.18. The highest BCUT2D eigenvalue weighted by molar-refractivity contribution is 5.37. The van der Waals surface area contributed by atoms with Crippen LogP contribution in [-0.2, 0) is 11.3 Å². The predicted octanol–water partition coefficient (Wildman–Crippen LogP) is 2.46. The Hall–Kier alpha value is -1.37. The minimum absolute atomic E-state index is 0.333. The number of rotatable bonds is 4. The first-order valence-electron chi connectivity index (χ1n) is 6.50. The zero-order valence-electron chi connectivity index (χ0n) is 10.9. The van der Waals surface area contributed by atoms with Gasteiger partial charge in [0.05, 0.1) is 11.6 Å². The summed E-state index contributed by atoms with van der Waals surface area (Å²) in [6, 6.07) is 10.00. The smallest absolute Gasteiger partial charge is 0.0995 e. The molecule has 2 rings (SSSR count). The Balaban J connectivity index is 1.86. The lowest BCUT2D eigenvalue weighted by atomic mass is 9.82. The molecule has 18 heavy (non-hydrogen) atoms. The van der Waals surface area contributed by atoms with Gasteiger partial charge in [-0.05, 0) is 29.9 Å². The summed E-state index contributed by atoms with van der Waals surface area (Å²) >= 11 is 0. The molecule has 1 aliphatic heterocycles. The summed E-state index contributed by atoms with van der Waals surface area (Å²) < 4.78 is 5.40. The van der Waals surface area contributed by atoms with Crippen molar-refractivity contribution in [2.24, 2.45) is 5.41 Å². The third-order valence-electron chi connectivity index (χ3n) is 3.70. The molecule has 0 amide bonds. The van der Waals surface area contributed by atoms with Crippen LogP contribution in [0.5, 0.6) is 0 Å². The van der Waals surface area contributed by atoms with Crippen LogP contribution < -0.4 is 5.32 Å². The molecule has 0 aromatic heterocycles. The summed E-state index contributed by atoms with van der Waals surface area (Å²) in [7, 11) is 0. The van der Waals surface area contributed by atoms with Crippen LogP contribution >= 0.6 is 0 Å². The van der Waals surface area contributed by atoms with E-state index in [0.29, 0.717) is 5.41 Å². The summed E-state index contributed by atoms with van der Waals surface area (Å²) in [6.45, 7) is 5.79. The monoisotopic (exact) mass is 244 g/mol. The Labute approximate surface area is 109 Å². The van der Waals surface area contributed by atoms with Gasteiger partial charge < -0.3 is 10.1 Å². The Kier molecular flexibility index (Phi) is 4.35. The number of benzene rings is 1. The topological polar surface area (TPSA) is 45.0 Å². The van der Waals surface area contributed by atoms with Crippen LogP contribution in [0.1, 0.15) is 30.9 Å². The Morgan fingerprint density at radius 2 is 2.06 bits per heavy atom. The van der Waals surface area contributed by atoms with Crippen LogP contribution in [0.15, 0.2) is 24.3 Å². The number of hydrogen-bond donors (Lipinski definition) is 1. The highest BCUT2D eigenvalue weighted by Gasteiger charge is 2.26. The molecule has 0 saturated carbocycles. The van der Waals surface area contributed by atoms with Gasteiger partial charge in [0.1, 0.15) is 0 Å². The zero-order valence-corrected chi connectivity index (χ0v) is 10.9. The van der Waals surface area contributed by atoms with E-state index in [9.17, 15) is 0 Å². The molecule has 1 aromatic carbocycles. The number of nitrogens with one attached hydrogen (secondary N) is 1. The third kappa shape index (κ3) is 3.32. The lowest BCUT2D eigenvalue weighted by Gasteiger charge is -2.33. The fraction of sp³-hybridized carbons (Fsp3) is 0.533. The van der Waals surface area contributed by atoms with E-state index in [1.54, 1.807) is 0 Å². The van der Waals surface area contributed by atoms with E-state index >= 15 is 0 Å². The van der Waals surface area contributed by atoms with Gasteiger partial charge in [0, 0.05) is 26.3 Å². The molecular weight excluding hydrogens is 224 g/mol. The van der Waals surface area contributed by atoms with Crippen molar-refractivity contribution in [3.8, 4) is 6.07 Å². The molecule has 1 saturated heterocycles. The first kappa shape index (κ1) is 13.1. The van der Waals surface area contributed by atoms with Gasteiger partial charge in [0.2, 0.25) is 0 Å². The molecule has 0 radical (unpaired) electrons. The van der Waals surface area contributed by atoms with Crippen LogP contribution in [0.25, 0.3) is 0 Å². The van der Waals surface area contributed by atoms with Crippen molar-refractivity contribution in [2.45, 2.75) is 26.3 Å². The van der Waals surface area contributed by atoms with E-state index in [1.807, 2.05) is 24.3 Å². The van der Waals surface area contributed by atoms with Crippen molar-refractivity contribution in [1.29, 1.82) is 5.26 Å². The average Bonchev–Trinajstić information content (AvgIpc) is 2.40. The van der Waals surface area contributed by atoms with Crippen molar-refractivity contribution in [3.63, 3.8) is 0 Å². The van der Waals surface area contributed by atoms with Crippen molar-refractivity contribution < 1.29 is 4.74 Å². The zero-order chi connectivity index (χ0) is 12.8. The Morgan fingerprint density at radius 1 is 1.33 bits per heavy atom. The van der Waals surface area contributed by atoms with Crippen LogP contribution in [0, 0.1) is 16.7 Å². The SMILES string of the molecule is CC1(CNCc2ccccc2C#N)CCOCC1. The minimum atomic E-state index is 0.333. The molecule has 3 nitrogen and oxygen atoms in total. The van der Waals surface area contributed by atoms with E-state index in [4.69, 9.17) is 10.00 Å². The van der Waals surface area contributed by atoms with Gasteiger partial charge in [-0.2, -0.15) is 5.26 Å². The summed E-state index contributed by atoms with van der Waals surface area (Å²) in [5.74, 6) is 0. The van der Waals surface area contributed by atoms with Crippen LogP contribution in [0.4, 0.5) is 0 Å². The van der Waals surface area contributed by atoms with Crippen molar-refractivity contribution in [1.82, 2.24) is 5.32 Å². The van der Waals surface area contributed by atoms with Gasteiger partial charge in [-0.25, -0.2) is 0 Å². The molecule has 3 heteroatoms. The summed E-state index contributed by atoms with van der Waals surface area (Å²) in [5, 5.41) is 12.5. The number of hydrogen-bond acceptors (Lipinski definition) is 3. The second-order valence-corrected chi connectivity index (χ2v) is 5.30. The second kappa shape index (κ2) is 5.99.